The quantitative estimate of drug-likeness (QED) is 0.891. The summed E-state index contributed by atoms with van der Waals surface area (Å²) in [5.41, 5.74) is 8.43. The van der Waals surface area contributed by atoms with Gasteiger partial charge in [-0.3, -0.25) is 0 Å². The third-order valence-electron chi connectivity index (χ3n) is 3.73. The fourth-order valence-electron chi connectivity index (χ4n) is 2.46. The molecule has 4 nitrogen and oxygen atoms in total. The number of aromatic nitrogens is 2. The van der Waals surface area contributed by atoms with Crippen molar-refractivity contribution in [1.29, 1.82) is 0 Å². The fraction of sp³-hybridized carbons (Fsp3) is 0.375. The number of benzene rings is 1. The Balaban J connectivity index is 1.82. The average molecular weight is 268 g/mol. The smallest absolute Gasteiger partial charge is 0.136 e. The molecule has 0 radical (unpaired) electrons. The molecule has 1 aromatic carbocycles. The Morgan fingerprint density at radius 1 is 1.25 bits per heavy atom. The SMILES string of the molecule is Cc1ccccc1C(C)Nc1cc(N)nc(C2CC2)n1. The summed E-state index contributed by atoms with van der Waals surface area (Å²) < 4.78 is 0. The molecule has 0 saturated heterocycles. The van der Waals surface area contributed by atoms with Crippen LogP contribution in [0.3, 0.4) is 0 Å². The highest BCUT2D eigenvalue weighted by Gasteiger charge is 2.27. The van der Waals surface area contributed by atoms with E-state index in [2.05, 4.69) is 53.4 Å². The van der Waals surface area contributed by atoms with Gasteiger partial charge in [0, 0.05) is 12.0 Å². The molecule has 1 saturated carbocycles. The van der Waals surface area contributed by atoms with Crippen molar-refractivity contribution in [2.75, 3.05) is 11.1 Å². The number of hydrogen-bond donors (Lipinski definition) is 2. The normalized spacial score (nSPS) is 15.9. The van der Waals surface area contributed by atoms with Gasteiger partial charge in [-0.1, -0.05) is 24.3 Å². The van der Waals surface area contributed by atoms with Crippen LogP contribution in [-0.2, 0) is 0 Å². The molecule has 1 aliphatic carbocycles. The Labute approximate surface area is 119 Å². The lowest BCUT2D eigenvalue weighted by atomic mass is 10.0. The molecule has 0 amide bonds. The maximum absolute atomic E-state index is 5.88. The first-order valence-corrected chi connectivity index (χ1v) is 7.10. The van der Waals surface area contributed by atoms with Crippen LogP contribution in [0.4, 0.5) is 11.6 Å². The van der Waals surface area contributed by atoms with Gasteiger partial charge < -0.3 is 11.1 Å². The van der Waals surface area contributed by atoms with Gasteiger partial charge in [0.25, 0.3) is 0 Å². The number of aryl methyl sites for hydroxylation is 1. The maximum atomic E-state index is 5.88. The Bertz CT molecular complexity index is 620. The van der Waals surface area contributed by atoms with Crippen LogP contribution in [0.25, 0.3) is 0 Å². The van der Waals surface area contributed by atoms with Crippen molar-refractivity contribution in [2.45, 2.75) is 38.6 Å². The topological polar surface area (TPSA) is 63.8 Å². The Hall–Kier alpha value is -2.10. The van der Waals surface area contributed by atoms with Gasteiger partial charge >= 0.3 is 0 Å². The van der Waals surface area contributed by atoms with E-state index in [1.54, 1.807) is 6.07 Å². The van der Waals surface area contributed by atoms with Crippen LogP contribution in [0.1, 0.15) is 48.7 Å². The van der Waals surface area contributed by atoms with E-state index in [1.165, 1.54) is 24.0 Å². The van der Waals surface area contributed by atoms with E-state index >= 15 is 0 Å². The molecule has 1 unspecified atom stereocenters. The fourth-order valence-corrected chi connectivity index (χ4v) is 2.46. The van der Waals surface area contributed by atoms with Crippen LogP contribution in [0, 0.1) is 6.92 Å². The maximum Gasteiger partial charge on any atom is 0.136 e. The number of nitrogens with zero attached hydrogens (tertiary/aromatic N) is 2. The van der Waals surface area contributed by atoms with Crippen LogP contribution < -0.4 is 11.1 Å². The molecule has 1 aromatic heterocycles. The summed E-state index contributed by atoms with van der Waals surface area (Å²) in [6.45, 7) is 4.26. The molecule has 0 spiro atoms. The zero-order chi connectivity index (χ0) is 14.1. The van der Waals surface area contributed by atoms with E-state index in [0.717, 1.165) is 11.6 Å². The highest BCUT2D eigenvalue weighted by Crippen LogP contribution is 2.38. The van der Waals surface area contributed by atoms with Crippen LogP contribution in [0.15, 0.2) is 30.3 Å². The molecule has 0 bridgehead atoms. The van der Waals surface area contributed by atoms with E-state index in [4.69, 9.17) is 5.73 Å². The first kappa shape index (κ1) is 12.9. The highest BCUT2D eigenvalue weighted by atomic mass is 15.1. The minimum absolute atomic E-state index is 0.192. The molecule has 1 aliphatic rings. The molecule has 1 atom stereocenters. The average Bonchev–Trinajstić information content (AvgIpc) is 3.22. The lowest BCUT2D eigenvalue weighted by molar-refractivity contribution is 0.849. The summed E-state index contributed by atoms with van der Waals surface area (Å²) in [6.07, 6.45) is 2.35. The number of nitrogens with two attached hydrogens (primary N) is 1. The summed E-state index contributed by atoms with van der Waals surface area (Å²) in [5, 5.41) is 3.43. The van der Waals surface area contributed by atoms with E-state index in [-0.39, 0.29) is 6.04 Å². The van der Waals surface area contributed by atoms with E-state index in [1.807, 2.05) is 0 Å². The van der Waals surface area contributed by atoms with Gasteiger partial charge in [0.15, 0.2) is 0 Å². The van der Waals surface area contributed by atoms with Gasteiger partial charge in [-0.05, 0) is 37.8 Å². The summed E-state index contributed by atoms with van der Waals surface area (Å²) >= 11 is 0. The predicted molar refractivity (Wildman–Crippen MR) is 81.6 cm³/mol. The third-order valence-corrected chi connectivity index (χ3v) is 3.73. The number of nitrogens with one attached hydrogen (secondary N) is 1. The Morgan fingerprint density at radius 3 is 2.70 bits per heavy atom. The van der Waals surface area contributed by atoms with Gasteiger partial charge in [0.05, 0.1) is 6.04 Å². The molecular formula is C16H20N4. The zero-order valence-electron chi connectivity index (χ0n) is 11.9. The molecule has 1 heterocycles. The molecule has 2 aromatic rings. The molecule has 0 aliphatic heterocycles. The van der Waals surface area contributed by atoms with E-state index in [0.29, 0.717) is 11.7 Å². The lowest BCUT2D eigenvalue weighted by Gasteiger charge is -2.17. The van der Waals surface area contributed by atoms with Crippen molar-refractivity contribution in [3.63, 3.8) is 0 Å². The summed E-state index contributed by atoms with van der Waals surface area (Å²) in [7, 11) is 0. The van der Waals surface area contributed by atoms with Crippen molar-refractivity contribution < 1.29 is 0 Å². The van der Waals surface area contributed by atoms with Gasteiger partial charge in [0.1, 0.15) is 17.5 Å². The second-order valence-electron chi connectivity index (χ2n) is 5.53. The van der Waals surface area contributed by atoms with Crippen molar-refractivity contribution in [3.05, 3.63) is 47.3 Å². The van der Waals surface area contributed by atoms with E-state index in [9.17, 15) is 0 Å². The minimum Gasteiger partial charge on any atom is -0.384 e. The van der Waals surface area contributed by atoms with Crippen molar-refractivity contribution in [3.8, 4) is 0 Å². The van der Waals surface area contributed by atoms with Crippen molar-refractivity contribution in [1.82, 2.24) is 9.97 Å². The third kappa shape index (κ3) is 2.74. The van der Waals surface area contributed by atoms with E-state index < -0.39 is 0 Å². The standard InChI is InChI=1S/C16H20N4/c1-10-5-3-4-6-13(10)11(2)18-15-9-14(17)19-16(20-15)12-7-8-12/h3-6,9,11-12H,7-8H2,1-2H3,(H3,17,18,19,20). The molecule has 3 rings (SSSR count). The van der Waals surface area contributed by atoms with Gasteiger partial charge in [-0.15, -0.1) is 0 Å². The highest BCUT2D eigenvalue weighted by molar-refractivity contribution is 5.47. The van der Waals surface area contributed by atoms with Crippen molar-refractivity contribution in [2.24, 2.45) is 0 Å². The van der Waals surface area contributed by atoms with Gasteiger partial charge in [-0.2, -0.15) is 0 Å². The second-order valence-corrected chi connectivity index (χ2v) is 5.53. The molecular weight excluding hydrogens is 248 g/mol. The zero-order valence-corrected chi connectivity index (χ0v) is 11.9. The van der Waals surface area contributed by atoms with Crippen LogP contribution in [0.5, 0.6) is 0 Å². The first-order valence-electron chi connectivity index (χ1n) is 7.10. The van der Waals surface area contributed by atoms with Crippen molar-refractivity contribution >= 4 is 11.6 Å². The molecule has 20 heavy (non-hydrogen) atoms. The number of nitrogen functional groups attached to an aromatic ring is 1. The first-order chi connectivity index (χ1) is 9.63. The molecule has 104 valence electrons. The Kier molecular flexibility index (Phi) is 3.30. The summed E-state index contributed by atoms with van der Waals surface area (Å²) in [4.78, 5) is 8.91. The largest absolute Gasteiger partial charge is 0.384 e. The van der Waals surface area contributed by atoms with Crippen LogP contribution in [0.2, 0.25) is 0 Å². The number of anilines is 2. The molecule has 3 N–H and O–H groups in total. The predicted octanol–water partition coefficient (Wildman–Crippen LogP) is 3.42. The molecule has 1 fully saturated rings. The Morgan fingerprint density at radius 2 is 2.00 bits per heavy atom. The number of rotatable bonds is 4. The second kappa shape index (κ2) is 5.12. The van der Waals surface area contributed by atoms with Crippen LogP contribution >= 0.6 is 0 Å². The number of hydrogen-bond acceptors (Lipinski definition) is 4. The monoisotopic (exact) mass is 268 g/mol. The summed E-state index contributed by atoms with van der Waals surface area (Å²) in [5.74, 6) is 2.74. The summed E-state index contributed by atoms with van der Waals surface area (Å²) in [6, 6.07) is 10.4. The molecule has 4 heteroatoms. The van der Waals surface area contributed by atoms with Gasteiger partial charge in [-0.25, -0.2) is 9.97 Å². The lowest BCUT2D eigenvalue weighted by Crippen LogP contribution is -2.11. The van der Waals surface area contributed by atoms with Crippen LogP contribution in [-0.4, -0.2) is 9.97 Å². The minimum atomic E-state index is 0.192. The van der Waals surface area contributed by atoms with Gasteiger partial charge in [0.2, 0.25) is 0 Å².